The number of nitrogens with zero attached hydrogens (tertiary/aromatic N) is 1. The standard InChI is InChI=1S/C9H11N3O3/c1-10-6-11-9(13)7-2-4-8(5-3-7)12(14)15/h2-5,10H,6H2,1H3,(H,11,13). The first kappa shape index (κ1) is 11.1. The molecular weight excluding hydrogens is 198 g/mol. The maximum Gasteiger partial charge on any atom is 0.269 e. The van der Waals surface area contributed by atoms with Crippen LogP contribution in [0.2, 0.25) is 0 Å². The van der Waals surface area contributed by atoms with Crippen LogP contribution in [0.1, 0.15) is 10.4 Å². The molecule has 0 aliphatic carbocycles. The van der Waals surface area contributed by atoms with Gasteiger partial charge < -0.3 is 10.6 Å². The second-order valence-electron chi connectivity index (χ2n) is 2.84. The van der Waals surface area contributed by atoms with E-state index >= 15 is 0 Å². The Kier molecular flexibility index (Phi) is 3.75. The molecule has 0 aliphatic rings. The molecule has 1 amide bonds. The highest BCUT2D eigenvalue weighted by Crippen LogP contribution is 2.11. The molecule has 0 radical (unpaired) electrons. The number of carbonyl (C=O) groups excluding carboxylic acids is 1. The van der Waals surface area contributed by atoms with E-state index in [1.165, 1.54) is 24.3 Å². The zero-order valence-corrected chi connectivity index (χ0v) is 8.19. The molecule has 0 unspecified atom stereocenters. The number of hydrogen-bond donors (Lipinski definition) is 2. The van der Waals surface area contributed by atoms with Crippen LogP contribution in [0.25, 0.3) is 0 Å². The Morgan fingerprint density at radius 2 is 2.00 bits per heavy atom. The summed E-state index contributed by atoms with van der Waals surface area (Å²) in [6.45, 7) is 0.357. The van der Waals surface area contributed by atoms with E-state index in [-0.39, 0.29) is 11.6 Å². The fourth-order valence-corrected chi connectivity index (χ4v) is 1.01. The van der Waals surface area contributed by atoms with Gasteiger partial charge in [0.25, 0.3) is 11.6 Å². The number of nitro benzene ring substituents is 1. The Balaban J connectivity index is 2.71. The average molecular weight is 209 g/mol. The summed E-state index contributed by atoms with van der Waals surface area (Å²) in [5.41, 5.74) is 0.371. The lowest BCUT2D eigenvalue weighted by atomic mass is 10.2. The highest BCUT2D eigenvalue weighted by molar-refractivity contribution is 5.94. The normalized spacial score (nSPS) is 9.67. The van der Waals surface area contributed by atoms with Crippen molar-refractivity contribution < 1.29 is 9.72 Å². The van der Waals surface area contributed by atoms with Gasteiger partial charge in [-0.1, -0.05) is 0 Å². The second kappa shape index (κ2) is 5.06. The van der Waals surface area contributed by atoms with Crippen molar-refractivity contribution in [2.45, 2.75) is 0 Å². The number of carbonyl (C=O) groups is 1. The first-order valence-corrected chi connectivity index (χ1v) is 4.32. The van der Waals surface area contributed by atoms with Gasteiger partial charge in [-0.25, -0.2) is 0 Å². The molecule has 1 rings (SSSR count). The highest BCUT2D eigenvalue weighted by atomic mass is 16.6. The monoisotopic (exact) mass is 209 g/mol. The molecule has 6 nitrogen and oxygen atoms in total. The minimum atomic E-state index is -0.505. The van der Waals surface area contributed by atoms with Crippen molar-refractivity contribution in [2.24, 2.45) is 0 Å². The van der Waals surface area contributed by atoms with Crippen molar-refractivity contribution in [1.82, 2.24) is 10.6 Å². The van der Waals surface area contributed by atoms with Crippen LogP contribution in [0.4, 0.5) is 5.69 Å². The maximum absolute atomic E-state index is 11.4. The van der Waals surface area contributed by atoms with Crippen LogP contribution >= 0.6 is 0 Å². The lowest BCUT2D eigenvalue weighted by Crippen LogP contribution is -2.31. The second-order valence-corrected chi connectivity index (χ2v) is 2.84. The summed E-state index contributed by atoms with van der Waals surface area (Å²) >= 11 is 0. The van der Waals surface area contributed by atoms with E-state index in [1.807, 2.05) is 0 Å². The van der Waals surface area contributed by atoms with Crippen molar-refractivity contribution in [3.8, 4) is 0 Å². The first-order valence-electron chi connectivity index (χ1n) is 4.32. The van der Waals surface area contributed by atoms with Crippen LogP contribution in [0.5, 0.6) is 0 Å². The van der Waals surface area contributed by atoms with Gasteiger partial charge in [-0.15, -0.1) is 0 Å². The van der Waals surface area contributed by atoms with Gasteiger partial charge in [0.2, 0.25) is 0 Å². The van der Waals surface area contributed by atoms with Gasteiger partial charge in [-0.3, -0.25) is 14.9 Å². The van der Waals surface area contributed by atoms with E-state index < -0.39 is 4.92 Å². The Bertz CT molecular complexity index is 361. The summed E-state index contributed by atoms with van der Waals surface area (Å²) in [5, 5.41) is 15.7. The number of hydrogen-bond acceptors (Lipinski definition) is 4. The Morgan fingerprint density at radius 3 is 2.47 bits per heavy atom. The molecule has 1 aromatic rings. The number of amides is 1. The Hall–Kier alpha value is -1.95. The summed E-state index contributed by atoms with van der Waals surface area (Å²) in [5.74, 6) is -0.265. The predicted molar refractivity (Wildman–Crippen MR) is 54.5 cm³/mol. The number of rotatable bonds is 4. The number of nitrogens with one attached hydrogen (secondary N) is 2. The molecule has 1 aromatic carbocycles. The van der Waals surface area contributed by atoms with Crippen LogP contribution in [0.3, 0.4) is 0 Å². The summed E-state index contributed by atoms with van der Waals surface area (Å²) in [4.78, 5) is 21.2. The van der Waals surface area contributed by atoms with Crippen LogP contribution in [-0.2, 0) is 0 Å². The zero-order valence-electron chi connectivity index (χ0n) is 8.19. The summed E-state index contributed by atoms with van der Waals surface area (Å²) in [6, 6.07) is 5.44. The summed E-state index contributed by atoms with van der Waals surface area (Å²) < 4.78 is 0. The molecule has 15 heavy (non-hydrogen) atoms. The van der Waals surface area contributed by atoms with E-state index in [0.29, 0.717) is 12.2 Å². The van der Waals surface area contributed by atoms with Crippen LogP contribution in [0, 0.1) is 10.1 Å². The molecule has 0 aliphatic heterocycles. The van der Waals surface area contributed by atoms with E-state index in [2.05, 4.69) is 10.6 Å². The molecule has 0 bridgehead atoms. The van der Waals surface area contributed by atoms with E-state index in [9.17, 15) is 14.9 Å². The molecule has 0 atom stereocenters. The third-order valence-electron chi connectivity index (χ3n) is 1.77. The van der Waals surface area contributed by atoms with Crippen molar-refractivity contribution in [3.05, 3.63) is 39.9 Å². The van der Waals surface area contributed by atoms with Gasteiger partial charge in [0.05, 0.1) is 11.6 Å². The number of benzene rings is 1. The summed E-state index contributed by atoms with van der Waals surface area (Å²) in [7, 11) is 1.70. The Morgan fingerprint density at radius 1 is 1.40 bits per heavy atom. The van der Waals surface area contributed by atoms with Crippen LogP contribution in [0.15, 0.2) is 24.3 Å². The van der Waals surface area contributed by atoms with E-state index in [4.69, 9.17) is 0 Å². The van der Waals surface area contributed by atoms with Gasteiger partial charge in [-0.2, -0.15) is 0 Å². The molecule has 0 saturated heterocycles. The van der Waals surface area contributed by atoms with E-state index in [0.717, 1.165) is 0 Å². The van der Waals surface area contributed by atoms with Crippen molar-refractivity contribution >= 4 is 11.6 Å². The number of non-ortho nitro benzene ring substituents is 1. The van der Waals surface area contributed by atoms with Crippen molar-refractivity contribution in [3.63, 3.8) is 0 Å². The highest BCUT2D eigenvalue weighted by Gasteiger charge is 2.08. The number of nitro groups is 1. The van der Waals surface area contributed by atoms with Gasteiger partial charge >= 0.3 is 0 Å². The third kappa shape index (κ3) is 3.03. The SMILES string of the molecule is CNCNC(=O)c1ccc([N+](=O)[O-])cc1. The molecule has 0 spiro atoms. The van der Waals surface area contributed by atoms with Crippen molar-refractivity contribution in [2.75, 3.05) is 13.7 Å². The van der Waals surface area contributed by atoms with E-state index in [1.54, 1.807) is 7.05 Å². The van der Waals surface area contributed by atoms with Crippen LogP contribution < -0.4 is 10.6 Å². The topological polar surface area (TPSA) is 84.3 Å². The predicted octanol–water partition coefficient (Wildman–Crippen LogP) is 0.501. The molecule has 2 N–H and O–H groups in total. The molecular formula is C9H11N3O3. The van der Waals surface area contributed by atoms with Gasteiger partial charge in [0.15, 0.2) is 0 Å². The fourth-order valence-electron chi connectivity index (χ4n) is 1.01. The van der Waals surface area contributed by atoms with Gasteiger partial charge in [-0.05, 0) is 19.2 Å². The smallest absolute Gasteiger partial charge is 0.269 e. The lowest BCUT2D eigenvalue weighted by molar-refractivity contribution is -0.384. The molecule has 0 heterocycles. The van der Waals surface area contributed by atoms with Gasteiger partial charge in [0, 0.05) is 17.7 Å². The molecule has 6 heteroatoms. The molecule has 0 aromatic heterocycles. The zero-order chi connectivity index (χ0) is 11.3. The maximum atomic E-state index is 11.4. The quantitative estimate of drug-likeness (QED) is 0.429. The van der Waals surface area contributed by atoms with Crippen LogP contribution in [-0.4, -0.2) is 24.5 Å². The molecule has 0 fully saturated rings. The largest absolute Gasteiger partial charge is 0.339 e. The van der Waals surface area contributed by atoms with Crippen molar-refractivity contribution in [1.29, 1.82) is 0 Å². The Labute approximate surface area is 86.4 Å². The first-order chi connectivity index (χ1) is 7.15. The average Bonchev–Trinajstić information content (AvgIpc) is 2.26. The fraction of sp³-hybridized carbons (Fsp3) is 0.222. The molecule has 0 saturated carbocycles. The minimum Gasteiger partial charge on any atom is -0.339 e. The molecule has 80 valence electrons. The van der Waals surface area contributed by atoms with Gasteiger partial charge in [0.1, 0.15) is 0 Å². The summed E-state index contributed by atoms with van der Waals surface area (Å²) in [6.07, 6.45) is 0. The third-order valence-corrected chi connectivity index (χ3v) is 1.77. The lowest BCUT2D eigenvalue weighted by Gasteiger charge is -2.03. The minimum absolute atomic E-state index is 0.0276.